The maximum Gasteiger partial charge on any atom is 0.237 e. The van der Waals surface area contributed by atoms with Crippen molar-refractivity contribution in [1.29, 1.82) is 0 Å². The van der Waals surface area contributed by atoms with Crippen LogP contribution in [0.5, 0.6) is 0 Å². The fourth-order valence-electron chi connectivity index (χ4n) is 12.7. The van der Waals surface area contributed by atoms with E-state index in [-0.39, 0.29) is 83.6 Å². The second-order valence-electron chi connectivity index (χ2n) is 26.5. The number of likely N-dealkylation sites (N-methyl/N-ethyl adjacent to an activating group) is 9. The minimum Gasteiger partial charge on any atom is -0.358 e. The lowest BCUT2D eigenvalue weighted by Crippen LogP contribution is -2.41. The summed E-state index contributed by atoms with van der Waals surface area (Å²) < 4.78 is 0. The molecule has 0 spiro atoms. The van der Waals surface area contributed by atoms with Crippen molar-refractivity contribution in [3.63, 3.8) is 0 Å². The second kappa shape index (κ2) is 53.3. The zero-order chi connectivity index (χ0) is 67.8. The molecule has 7 aliphatic heterocycles. The normalized spacial score (nSPS) is 23.4. The van der Waals surface area contributed by atoms with Crippen molar-refractivity contribution in [2.75, 3.05) is 141 Å². The van der Waals surface area contributed by atoms with E-state index < -0.39 is 0 Å². The molecular weight excluding hydrogens is 1150 g/mol. The van der Waals surface area contributed by atoms with Gasteiger partial charge in [-0.05, 0) is 224 Å². The largest absolute Gasteiger partial charge is 0.358 e. The number of hydrogen-bond acceptors (Lipinski definition) is 14. The first-order chi connectivity index (χ1) is 43.8. The summed E-state index contributed by atoms with van der Waals surface area (Å²) in [5.41, 5.74) is 0. The van der Waals surface area contributed by atoms with Gasteiger partial charge in [0.1, 0.15) is 0 Å². The van der Waals surface area contributed by atoms with Crippen LogP contribution in [-0.4, -0.2) is 259 Å². The number of likely N-dealkylation sites (tertiary alicyclic amines) is 7. The van der Waals surface area contributed by atoms with Crippen LogP contribution in [-0.2, 0) is 33.6 Å². The molecule has 7 amide bonds. The van der Waals surface area contributed by atoms with Crippen molar-refractivity contribution in [3.05, 3.63) is 0 Å². The van der Waals surface area contributed by atoms with Gasteiger partial charge in [0.25, 0.3) is 0 Å². The predicted molar refractivity (Wildman–Crippen MR) is 375 cm³/mol. The van der Waals surface area contributed by atoms with Gasteiger partial charge in [0.2, 0.25) is 41.4 Å². The van der Waals surface area contributed by atoms with E-state index in [1.165, 1.54) is 57.8 Å². The summed E-state index contributed by atoms with van der Waals surface area (Å²) >= 11 is 0. The van der Waals surface area contributed by atoms with Crippen molar-refractivity contribution < 1.29 is 33.6 Å². The lowest BCUT2D eigenvalue weighted by atomic mass is 10.1. The zero-order valence-electron chi connectivity index (χ0n) is 60.7. The standard InChI is InChI=1S/C13H26N2O.C12H24N2O.C11H22N2O.C10H20N2O.C9H18N2O.C8H16N2O.C7H14N2O/c1-3-4-5-6-7-10-14-13(16)12-9-8-11-15(12)2;1-3-4-5-6-9-13-12(15)11-8-7-10-14(11)2;1-3-4-5-8-12-11(14)10-7-6-9-13(10)2;1-3-4-7-11-10(13)9-6-5-8-12(9)2;1-3-6-10-9(12)8-5-4-7-11(8)2;1-3-9-8(11)7-5-4-6-10(7)2;1-8-7(10)6-4-3-5-9(6)2/h12H,3-11H2,1-2H3,(H,14,16);11H,3-10H2,1-2H3,(H,13,15);10H,3-9H2,1-2H3,(H,12,14);9H,3-8H2,1-2H3,(H,11,13);8H,3-7H2,1-2H3,(H,10,12);7H,3-6H2,1-2H3,(H,9,11);6H,3-5H2,1-2H3,(H,8,10)/t12-;11-;10-;9-;8-;7-;6-/m0000000/s1. The molecular formula is C70H140N14O7. The van der Waals surface area contributed by atoms with E-state index in [2.05, 4.69) is 106 Å². The van der Waals surface area contributed by atoms with Gasteiger partial charge >= 0.3 is 0 Å². The number of unbranched alkanes of at least 4 members (excludes halogenated alkanes) is 10. The molecule has 7 saturated heterocycles. The highest BCUT2D eigenvalue weighted by Gasteiger charge is 2.32. The summed E-state index contributed by atoms with van der Waals surface area (Å²) in [5.74, 6) is 1.45. The van der Waals surface area contributed by atoms with Crippen LogP contribution < -0.4 is 37.2 Å². The summed E-state index contributed by atoms with van der Waals surface area (Å²) in [4.78, 5) is 95.6. The van der Waals surface area contributed by atoms with Gasteiger partial charge in [-0.3, -0.25) is 67.9 Å². The van der Waals surface area contributed by atoms with Crippen LogP contribution in [0.2, 0.25) is 0 Å². The molecule has 7 aliphatic rings. The quantitative estimate of drug-likeness (QED) is 0.0393. The fraction of sp³-hybridized carbons (Fsp3) is 0.900. The molecule has 0 aromatic heterocycles. The van der Waals surface area contributed by atoms with Gasteiger partial charge in [-0.25, -0.2) is 0 Å². The Bertz CT molecular complexity index is 1940. The highest BCUT2D eigenvalue weighted by atomic mass is 16.2. The van der Waals surface area contributed by atoms with Gasteiger partial charge in [-0.1, -0.05) is 98.8 Å². The lowest BCUT2D eigenvalue weighted by Gasteiger charge is -2.18. The number of nitrogens with one attached hydrogen (secondary N) is 7. The van der Waals surface area contributed by atoms with Crippen LogP contribution in [0.15, 0.2) is 0 Å². The van der Waals surface area contributed by atoms with Crippen molar-refractivity contribution in [2.45, 2.75) is 270 Å². The maximum absolute atomic E-state index is 11.8. The summed E-state index contributed by atoms with van der Waals surface area (Å²) in [6, 6.07) is 0.941. The summed E-state index contributed by atoms with van der Waals surface area (Å²) in [7, 11) is 15.8. The summed E-state index contributed by atoms with van der Waals surface area (Å²) in [6.07, 6.45) is 33.1. The van der Waals surface area contributed by atoms with E-state index in [0.717, 1.165) is 213 Å². The van der Waals surface area contributed by atoms with E-state index in [1.807, 2.05) is 56.3 Å². The fourth-order valence-corrected chi connectivity index (χ4v) is 12.7. The highest BCUT2D eigenvalue weighted by molar-refractivity contribution is 5.84. The van der Waals surface area contributed by atoms with Crippen molar-refractivity contribution >= 4 is 41.4 Å². The molecule has 91 heavy (non-hydrogen) atoms. The van der Waals surface area contributed by atoms with E-state index in [9.17, 15) is 33.6 Å². The molecule has 532 valence electrons. The lowest BCUT2D eigenvalue weighted by molar-refractivity contribution is -0.125. The third kappa shape index (κ3) is 36.5. The number of carbonyl (C=O) groups is 7. The van der Waals surface area contributed by atoms with E-state index in [0.29, 0.717) is 0 Å². The van der Waals surface area contributed by atoms with E-state index in [1.54, 1.807) is 7.05 Å². The number of carbonyl (C=O) groups excluding carboxylic acids is 7. The molecule has 0 radical (unpaired) electrons. The maximum atomic E-state index is 11.8. The average molecular weight is 1290 g/mol. The Morgan fingerprint density at radius 1 is 0.264 bits per heavy atom. The molecule has 0 aromatic carbocycles. The second-order valence-corrected chi connectivity index (χ2v) is 26.5. The number of hydrogen-bond donors (Lipinski definition) is 7. The molecule has 0 aromatic rings. The minimum atomic E-state index is 0.130. The number of rotatable bonds is 28. The van der Waals surface area contributed by atoms with Crippen LogP contribution in [0.25, 0.3) is 0 Å². The first-order valence-corrected chi connectivity index (χ1v) is 36.6. The number of amides is 7. The van der Waals surface area contributed by atoms with Crippen molar-refractivity contribution in [2.24, 2.45) is 0 Å². The van der Waals surface area contributed by atoms with Crippen LogP contribution in [0, 0.1) is 0 Å². The Morgan fingerprint density at radius 2 is 0.473 bits per heavy atom. The van der Waals surface area contributed by atoms with E-state index >= 15 is 0 Å². The first-order valence-electron chi connectivity index (χ1n) is 36.6. The van der Waals surface area contributed by atoms with Crippen LogP contribution in [0.1, 0.15) is 228 Å². The van der Waals surface area contributed by atoms with Crippen LogP contribution in [0.4, 0.5) is 0 Å². The van der Waals surface area contributed by atoms with Gasteiger partial charge in [-0.15, -0.1) is 0 Å². The van der Waals surface area contributed by atoms with Gasteiger partial charge < -0.3 is 37.2 Å². The Morgan fingerprint density at radius 3 is 0.703 bits per heavy atom. The summed E-state index contributed by atoms with van der Waals surface area (Å²) in [5, 5.41) is 20.5. The molecule has 7 atom stereocenters. The average Bonchev–Trinajstić information content (AvgIpc) is 3.81. The minimum absolute atomic E-state index is 0.130. The number of nitrogens with zero attached hydrogens (tertiary/aromatic N) is 7. The van der Waals surface area contributed by atoms with Crippen molar-refractivity contribution in [1.82, 2.24) is 71.5 Å². The third-order valence-electron chi connectivity index (χ3n) is 18.7. The Kier molecular flexibility index (Phi) is 49.8. The van der Waals surface area contributed by atoms with Crippen molar-refractivity contribution in [3.8, 4) is 0 Å². The van der Waals surface area contributed by atoms with Crippen LogP contribution in [0.3, 0.4) is 0 Å². The van der Waals surface area contributed by atoms with Gasteiger partial charge in [0.05, 0.1) is 42.3 Å². The zero-order valence-corrected chi connectivity index (χ0v) is 60.7. The predicted octanol–water partition coefficient (Wildman–Crippen LogP) is 6.98. The topological polar surface area (TPSA) is 226 Å². The van der Waals surface area contributed by atoms with Gasteiger partial charge in [0, 0.05) is 46.3 Å². The molecule has 21 heteroatoms. The molecule has 0 unspecified atom stereocenters. The highest BCUT2D eigenvalue weighted by Crippen LogP contribution is 2.19. The molecule has 0 bridgehead atoms. The molecule has 7 N–H and O–H groups in total. The molecule has 7 fully saturated rings. The molecule has 0 saturated carbocycles. The van der Waals surface area contributed by atoms with E-state index in [4.69, 9.17) is 0 Å². The van der Waals surface area contributed by atoms with Crippen LogP contribution >= 0.6 is 0 Å². The SMILES string of the molecule is CCCCCCCNC(=O)[C@@H]1CCCN1C.CCCCCCNC(=O)[C@@H]1CCCN1C.CCCCCNC(=O)[C@@H]1CCCN1C.CCCCNC(=O)[C@@H]1CCCN1C.CCCNC(=O)[C@@H]1CCCN1C.CCNC(=O)[C@@H]1CCCN1C.CNC(=O)[C@@H]1CCCN1C. The monoisotopic (exact) mass is 1290 g/mol. The molecule has 0 aliphatic carbocycles. The van der Waals surface area contributed by atoms with Gasteiger partial charge in [-0.2, -0.15) is 0 Å². The third-order valence-corrected chi connectivity index (χ3v) is 18.7. The first kappa shape index (κ1) is 85.0. The van der Waals surface area contributed by atoms with Gasteiger partial charge in [0.15, 0.2) is 0 Å². The Labute approximate surface area is 555 Å². The Hall–Kier alpha value is -3.99. The molecule has 7 heterocycles. The summed E-state index contributed by atoms with van der Waals surface area (Å²) in [6.45, 7) is 25.1. The smallest absolute Gasteiger partial charge is 0.237 e. The Balaban J connectivity index is 0.000000533. The molecule has 21 nitrogen and oxygen atoms in total. The molecule has 7 rings (SSSR count).